The third-order valence-electron chi connectivity index (χ3n) is 4.72. The summed E-state index contributed by atoms with van der Waals surface area (Å²) in [4.78, 5) is 26.9. The highest BCUT2D eigenvalue weighted by Crippen LogP contribution is 2.36. The summed E-state index contributed by atoms with van der Waals surface area (Å²) in [6.07, 6.45) is 0. The van der Waals surface area contributed by atoms with Crippen molar-refractivity contribution >= 4 is 33.8 Å². The number of hydrogen-bond donors (Lipinski definition) is 1. The molecule has 4 rings (SSSR count). The maximum absolute atomic E-state index is 13.1. The van der Waals surface area contributed by atoms with Gasteiger partial charge in [-0.2, -0.15) is 0 Å². The van der Waals surface area contributed by atoms with Crippen molar-refractivity contribution in [1.82, 2.24) is 0 Å². The zero-order chi connectivity index (χ0) is 18.4. The number of aliphatic hydroxyl groups is 1. The Morgan fingerprint density at radius 1 is 0.846 bits per heavy atom. The fraction of sp³-hybridized carbons (Fsp3) is 0.0909. The van der Waals surface area contributed by atoms with Crippen LogP contribution in [0, 0.1) is 13.8 Å². The number of hydrogen-bond acceptors (Lipinski definition) is 3. The second kappa shape index (κ2) is 5.85. The minimum absolute atomic E-state index is 0.0560. The van der Waals surface area contributed by atoms with Crippen LogP contribution in [0.15, 0.2) is 66.4 Å². The highest BCUT2D eigenvalue weighted by Gasteiger charge is 2.41. The highest BCUT2D eigenvalue weighted by molar-refractivity contribution is 6.45. The van der Waals surface area contributed by atoms with Crippen LogP contribution < -0.4 is 4.90 Å². The molecule has 0 atom stereocenters. The molecule has 26 heavy (non-hydrogen) atoms. The van der Waals surface area contributed by atoms with Gasteiger partial charge in [-0.25, -0.2) is 4.90 Å². The minimum Gasteiger partial charge on any atom is -0.502 e. The number of benzene rings is 3. The van der Waals surface area contributed by atoms with Gasteiger partial charge in [-0.3, -0.25) is 9.59 Å². The van der Waals surface area contributed by atoms with Crippen LogP contribution in [0.25, 0.3) is 16.3 Å². The van der Waals surface area contributed by atoms with Crippen molar-refractivity contribution in [3.63, 3.8) is 0 Å². The summed E-state index contributed by atoms with van der Waals surface area (Å²) >= 11 is 0. The Hall–Kier alpha value is -3.40. The van der Waals surface area contributed by atoms with Crippen molar-refractivity contribution in [2.24, 2.45) is 0 Å². The number of nitrogens with zero attached hydrogens (tertiary/aromatic N) is 1. The van der Waals surface area contributed by atoms with E-state index in [2.05, 4.69) is 0 Å². The van der Waals surface area contributed by atoms with Crippen LogP contribution in [0.2, 0.25) is 0 Å². The molecule has 4 heteroatoms. The van der Waals surface area contributed by atoms with Gasteiger partial charge in [-0.1, -0.05) is 60.2 Å². The van der Waals surface area contributed by atoms with E-state index in [1.54, 1.807) is 18.2 Å². The summed E-state index contributed by atoms with van der Waals surface area (Å²) in [5.74, 6) is -1.70. The number of amides is 2. The number of carbonyl (C=O) groups excluding carboxylic acids is 2. The number of aryl methyl sites for hydroxylation is 2. The summed E-state index contributed by atoms with van der Waals surface area (Å²) in [5, 5.41) is 12.2. The van der Waals surface area contributed by atoms with Gasteiger partial charge in [0, 0.05) is 5.39 Å². The van der Waals surface area contributed by atoms with E-state index >= 15 is 0 Å². The van der Waals surface area contributed by atoms with Gasteiger partial charge in [-0.15, -0.1) is 0 Å². The third-order valence-corrected chi connectivity index (χ3v) is 4.72. The van der Waals surface area contributed by atoms with Gasteiger partial charge in [0.2, 0.25) is 0 Å². The van der Waals surface area contributed by atoms with Gasteiger partial charge in [0.25, 0.3) is 5.91 Å². The highest BCUT2D eigenvalue weighted by atomic mass is 16.3. The van der Waals surface area contributed by atoms with E-state index in [-0.39, 0.29) is 5.57 Å². The van der Waals surface area contributed by atoms with Crippen molar-refractivity contribution in [3.05, 3.63) is 83.1 Å². The lowest BCUT2D eigenvalue weighted by atomic mass is 9.98. The normalized spacial score (nSPS) is 14.6. The Labute approximate surface area is 151 Å². The molecule has 0 unspecified atom stereocenters. The maximum atomic E-state index is 13.1. The molecule has 128 valence electrons. The second-order valence-electron chi connectivity index (χ2n) is 6.49. The van der Waals surface area contributed by atoms with E-state index in [0.717, 1.165) is 26.8 Å². The third kappa shape index (κ3) is 2.30. The first-order valence-electron chi connectivity index (χ1n) is 8.36. The number of rotatable bonds is 2. The molecular formula is C22H17NO3. The van der Waals surface area contributed by atoms with E-state index < -0.39 is 17.6 Å². The largest absolute Gasteiger partial charge is 0.502 e. The Kier molecular flexibility index (Phi) is 3.62. The van der Waals surface area contributed by atoms with Crippen LogP contribution in [-0.4, -0.2) is 16.9 Å². The Bertz CT molecular complexity index is 1110. The minimum atomic E-state index is -0.693. The molecule has 0 aromatic heterocycles. The van der Waals surface area contributed by atoms with Gasteiger partial charge < -0.3 is 5.11 Å². The van der Waals surface area contributed by atoms with E-state index in [9.17, 15) is 14.7 Å². The summed E-state index contributed by atoms with van der Waals surface area (Å²) in [6, 6.07) is 18.5. The molecule has 0 fully saturated rings. The van der Waals surface area contributed by atoms with Crippen molar-refractivity contribution < 1.29 is 14.7 Å². The van der Waals surface area contributed by atoms with Gasteiger partial charge >= 0.3 is 5.91 Å². The molecule has 2 amide bonds. The molecule has 0 radical (unpaired) electrons. The topological polar surface area (TPSA) is 57.6 Å². The van der Waals surface area contributed by atoms with E-state index in [0.29, 0.717) is 11.3 Å². The molecule has 0 saturated carbocycles. The number of imide groups is 1. The smallest absolute Gasteiger partial charge is 0.301 e. The Morgan fingerprint density at radius 3 is 2.35 bits per heavy atom. The van der Waals surface area contributed by atoms with E-state index in [1.807, 2.05) is 56.3 Å². The predicted molar refractivity (Wildman–Crippen MR) is 102 cm³/mol. The fourth-order valence-electron chi connectivity index (χ4n) is 3.48. The molecule has 3 aromatic rings. The lowest BCUT2D eigenvalue weighted by Gasteiger charge is -2.17. The summed E-state index contributed by atoms with van der Waals surface area (Å²) in [7, 11) is 0. The molecule has 3 aromatic carbocycles. The van der Waals surface area contributed by atoms with Gasteiger partial charge in [-0.05, 0) is 36.4 Å². The van der Waals surface area contributed by atoms with Crippen LogP contribution in [0.1, 0.15) is 16.7 Å². The second-order valence-corrected chi connectivity index (χ2v) is 6.49. The van der Waals surface area contributed by atoms with Crippen LogP contribution in [0.4, 0.5) is 5.69 Å². The van der Waals surface area contributed by atoms with Crippen LogP contribution in [-0.2, 0) is 9.59 Å². The number of fused-ring (bicyclic) bond motifs is 1. The fourth-order valence-corrected chi connectivity index (χ4v) is 3.48. The molecule has 1 heterocycles. The molecule has 1 N–H and O–H groups in total. The quantitative estimate of drug-likeness (QED) is 0.706. The zero-order valence-electron chi connectivity index (χ0n) is 14.5. The summed E-state index contributed by atoms with van der Waals surface area (Å²) < 4.78 is 0. The molecule has 1 aliphatic rings. The molecule has 0 bridgehead atoms. The molecule has 0 aliphatic carbocycles. The van der Waals surface area contributed by atoms with Crippen LogP contribution in [0.5, 0.6) is 0 Å². The Morgan fingerprint density at radius 2 is 1.58 bits per heavy atom. The van der Waals surface area contributed by atoms with Crippen molar-refractivity contribution in [2.75, 3.05) is 4.90 Å². The first-order chi connectivity index (χ1) is 12.5. The average Bonchev–Trinajstić information content (AvgIpc) is 2.84. The standard InChI is InChI=1S/C22H17NO3/c1-13-10-11-16(14(2)12-13)19-20(24)22(26)23(21(19)25)18-9-5-7-15-6-3-4-8-17(15)18/h3-12,24H,1-2H3. The van der Waals surface area contributed by atoms with E-state index in [1.165, 1.54) is 0 Å². The van der Waals surface area contributed by atoms with Gasteiger partial charge in [0.05, 0.1) is 11.3 Å². The monoisotopic (exact) mass is 343 g/mol. The molecule has 0 saturated heterocycles. The average molecular weight is 343 g/mol. The van der Waals surface area contributed by atoms with Crippen molar-refractivity contribution in [2.45, 2.75) is 13.8 Å². The summed E-state index contributed by atoms with van der Waals surface area (Å²) in [5.41, 5.74) is 3.00. The SMILES string of the molecule is Cc1ccc(C2=C(O)C(=O)N(c3cccc4ccccc34)C2=O)c(C)c1. The van der Waals surface area contributed by atoms with Gasteiger partial charge in [0.15, 0.2) is 5.76 Å². The molecule has 1 aliphatic heterocycles. The van der Waals surface area contributed by atoms with Crippen molar-refractivity contribution in [1.29, 1.82) is 0 Å². The number of aliphatic hydroxyl groups excluding tert-OH is 1. The lowest BCUT2D eigenvalue weighted by molar-refractivity contribution is -0.121. The number of carbonyl (C=O) groups is 2. The van der Waals surface area contributed by atoms with Crippen molar-refractivity contribution in [3.8, 4) is 0 Å². The Balaban J connectivity index is 1.87. The first kappa shape index (κ1) is 16.1. The molecule has 4 nitrogen and oxygen atoms in total. The lowest BCUT2D eigenvalue weighted by Crippen LogP contribution is -2.31. The maximum Gasteiger partial charge on any atom is 0.301 e. The summed E-state index contributed by atoms with van der Waals surface area (Å²) in [6.45, 7) is 3.82. The van der Waals surface area contributed by atoms with Crippen LogP contribution in [0.3, 0.4) is 0 Å². The molecular weight excluding hydrogens is 326 g/mol. The number of anilines is 1. The van der Waals surface area contributed by atoms with Gasteiger partial charge in [0.1, 0.15) is 0 Å². The van der Waals surface area contributed by atoms with E-state index in [4.69, 9.17) is 0 Å². The molecule has 0 spiro atoms. The predicted octanol–water partition coefficient (Wildman–Crippen LogP) is 4.30. The van der Waals surface area contributed by atoms with Crippen LogP contribution >= 0.6 is 0 Å². The first-order valence-corrected chi connectivity index (χ1v) is 8.36. The zero-order valence-corrected chi connectivity index (χ0v) is 14.5.